The summed E-state index contributed by atoms with van der Waals surface area (Å²) >= 11 is 0. The summed E-state index contributed by atoms with van der Waals surface area (Å²) < 4.78 is 10.8. The zero-order valence-electron chi connectivity index (χ0n) is 8.91. The Morgan fingerprint density at radius 3 is 2.64 bits per heavy atom. The fourth-order valence-electron chi connectivity index (χ4n) is 1.14. The first-order valence-electron chi connectivity index (χ1n) is 4.68. The van der Waals surface area contributed by atoms with E-state index in [-0.39, 0.29) is 6.10 Å². The second-order valence-electron chi connectivity index (χ2n) is 3.32. The maximum atomic E-state index is 5.59. The molecule has 0 aliphatic carbocycles. The highest BCUT2D eigenvalue weighted by Gasteiger charge is 2.07. The Hall–Kier alpha value is -1.22. The standard InChI is InChI=1S/C11H17NO2/c1-8-4-5-10(11(6-8)13-3)14-9(2)7-12/h4-6,9H,7,12H2,1-3H3. The fourth-order valence-corrected chi connectivity index (χ4v) is 1.14. The number of aryl methyl sites for hydroxylation is 1. The smallest absolute Gasteiger partial charge is 0.161 e. The third-order valence-corrected chi connectivity index (χ3v) is 1.98. The van der Waals surface area contributed by atoms with Gasteiger partial charge in [-0.2, -0.15) is 0 Å². The lowest BCUT2D eigenvalue weighted by molar-refractivity contribution is 0.219. The maximum Gasteiger partial charge on any atom is 0.161 e. The lowest BCUT2D eigenvalue weighted by atomic mass is 10.2. The van der Waals surface area contributed by atoms with Crippen LogP contribution in [0.4, 0.5) is 0 Å². The Balaban J connectivity index is 2.85. The van der Waals surface area contributed by atoms with Crippen LogP contribution in [0.15, 0.2) is 18.2 Å². The SMILES string of the molecule is COc1cc(C)ccc1OC(C)CN. The first-order valence-corrected chi connectivity index (χ1v) is 4.68. The van der Waals surface area contributed by atoms with E-state index in [0.717, 1.165) is 17.1 Å². The quantitative estimate of drug-likeness (QED) is 0.795. The molecule has 0 saturated carbocycles. The molecule has 1 aromatic rings. The minimum atomic E-state index is 0.00612. The van der Waals surface area contributed by atoms with Crippen LogP contribution in [0.3, 0.4) is 0 Å². The molecular weight excluding hydrogens is 178 g/mol. The van der Waals surface area contributed by atoms with E-state index in [9.17, 15) is 0 Å². The van der Waals surface area contributed by atoms with Gasteiger partial charge in [-0.3, -0.25) is 0 Å². The second-order valence-corrected chi connectivity index (χ2v) is 3.32. The van der Waals surface area contributed by atoms with Crippen LogP contribution in [0, 0.1) is 6.92 Å². The van der Waals surface area contributed by atoms with Crippen LogP contribution < -0.4 is 15.2 Å². The molecule has 0 fully saturated rings. The van der Waals surface area contributed by atoms with Crippen molar-refractivity contribution in [2.45, 2.75) is 20.0 Å². The van der Waals surface area contributed by atoms with Gasteiger partial charge in [0.25, 0.3) is 0 Å². The van der Waals surface area contributed by atoms with Gasteiger partial charge in [0.05, 0.1) is 7.11 Å². The summed E-state index contributed by atoms with van der Waals surface area (Å²) in [5.41, 5.74) is 6.62. The molecule has 1 atom stereocenters. The average Bonchev–Trinajstić information content (AvgIpc) is 2.20. The van der Waals surface area contributed by atoms with Crippen LogP contribution in [0.5, 0.6) is 11.5 Å². The van der Waals surface area contributed by atoms with E-state index in [1.165, 1.54) is 0 Å². The Morgan fingerprint density at radius 2 is 2.07 bits per heavy atom. The molecule has 0 saturated heterocycles. The monoisotopic (exact) mass is 195 g/mol. The Bertz CT molecular complexity index is 299. The van der Waals surface area contributed by atoms with E-state index in [4.69, 9.17) is 15.2 Å². The van der Waals surface area contributed by atoms with Crippen molar-refractivity contribution in [1.82, 2.24) is 0 Å². The minimum absolute atomic E-state index is 0.00612. The van der Waals surface area contributed by atoms with Crippen molar-refractivity contribution in [3.63, 3.8) is 0 Å². The Morgan fingerprint density at radius 1 is 1.36 bits per heavy atom. The average molecular weight is 195 g/mol. The topological polar surface area (TPSA) is 44.5 Å². The summed E-state index contributed by atoms with van der Waals surface area (Å²) in [6.45, 7) is 4.44. The molecule has 0 bridgehead atoms. The van der Waals surface area contributed by atoms with Gasteiger partial charge in [-0.25, -0.2) is 0 Å². The molecule has 0 aliphatic rings. The highest BCUT2D eigenvalue weighted by atomic mass is 16.5. The molecule has 0 aromatic heterocycles. The molecule has 0 spiro atoms. The van der Waals surface area contributed by atoms with Crippen molar-refractivity contribution >= 4 is 0 Å². The van der Waals surface area contributed by atoms with Crippen molar-refractivity contribution in [1.29, 1.82) is 0 Å². The number of nitrogens with two attached hydrogens (primary N) is 1. The first-order chi connectivity index (χ1) is 6.67. The molecule has 2 N–H and O–H groups in total. The molecular formula is C11H17NO2. The van der Waals surface area contributed by atoms with Crippen LogP contribution in [0.1, 0.15) is 12.5 Å². The number of rotatable bonds is 4. The van der Waals surface area contributed by atoms with E-state index < -0.39 is 0 Å². The molecule has 3 heteroatoms. The van der Waals surface area contributed by atoms with Crippen LogP contribution in [0.2, 0.25) is 0 Å². The molecule has 1 aromatic carbocycles. The number of hydrogen-bond donors (Lipinski definition) is 1. The molecule has 3 nitrogen and oxygen atoms in total. The van der Waals surface area contributed by atoms with E-state index in [1.54, 1.807) is 7.11 Å². The van der Waals surface area contributed by atoms with Gasteiger partial charge in [-0.05, 0) is 31.5 Å². The third kappa shape index (κ3) is 2.64. The van der Waals surface area contributed by atoms with Crippen molar-refractivity contribution in [2.24, 2.45) is 5.73 Å². The predicted octanol–water partition coefficient (Wildman–Crippen LogP) is 1.73. The van der Waals surface area contributed by atoms with Gasteiger partial charge in [0.1, 0.15) is 6.10 Å². The van der Waals surface area contributed by atoms with Crippen molar-refractivity contribution < 1.29 is 9.47 Å². The Kier molecular flexibility index (Phi) is 3.77. The summed E-state index contributed by atoms with van der Waals surface area (Å²) in [7, 11) is 1.63. The van der Waals surface area contributed by atoms with Crippen molar-refractivity contribution in [3.05, 3.63) is 23.8 Å². The van der Waals surface area contributed by atoms with E-state index in [1.807, 2.05) is 32.0 Å². The highest BCUT2D eigenvalue weighted by Crippen LogP contribution is 2.28. The summed E-state index contributed by atoms with van der Waals surface area (Å²) in [5, 5.41) is 0. The van der Waals surface area contributed by atoms with Crippen LogP contribution in [-0.4, -0.2) is 19.8 Å². The van der Waals surface area contributed by atoms with Gasteiger partial charge >= 0.3 is 0 Å². The maximum absolute atomic E-state index is 5.59. The zero-order chi connectivity index (χ0) is 10.6. The second kappa shape index (κ2) is 4.86. The molecule has 78 valence electrons. The Labute approximate surface area is 84.8 Å². The molecule has 0 heterocycles. The van der Waals surface area contributed by atoms with Gasteiger partial charge in [-0.1, -0.05) is 6.07 Å². The molecule has 0 radical (unpaired) electrons. The highest BCUT2D eigenvalue weighted by molar-refractivity contribution is 5.42. The lowest BCUT2D eigenvalue weighted by Gasteiger charge is -2.15. The third-order valence-electron chi connectivity index (χ3n) is 1.98. The number of methoxy groups -OCH3 is 1. The van der Waals surface area contributed by atoms with Gasteiger partial charge in [0, 0.05) is 6.54 Å². The van der Waals surface area contributed by atoms with Gasteiger partial charge in [0.2, 0.25) is 0 Å². The summed E-state index contributed by atoms with van der Waals surface area (Å²) in [5.74, 6) is 1.50. The fraction of sp³-hybridized carbons (Fsp3) is 0.455. The number of benzene rings is 1. The van der Waals surface area contributed by atoms with Gasteiger partial charge < -0.3 is 15.2 Å². The summed E-state index contributed by atoms with van der Waals surface area (Å²) in [4.78, 5) is 0. The van der Waals surface area contributed by atoms with Crippen molar-refractivity contribution in [2.75, 3.05) is 13.7 Å². The first kappa shape index (κ1) is 10.9. The normalized spacial score (nSPS) is 12.3. The molecule has 1 rings (SSSR count). The minimum Gasteiger partial charge on any atom is -0.493 e. The predicted molar refractivity (Wildman–Crippen MR) is 56.9 cm³/mol. The van der Waals surface area contributed by atoms with E-state index >= 15 is 0 Å². The molecule has 1 unspecified atom stereocenters. The molecule has 0 aliphatic heterocycles. The van der Waals surface area contributed by atoms with Crippen LogP contribution in [-0.2, 0) is 0 Å². The van der Waals surface area contributed by atoms with Gasteiger partial charge in [0.15, 0.2) is 11.5 Å². The largest absolute Gasteiger partial charge is 0.493 e. The number of hydrogen-bond acceptors (Lipinski definition) is 3. The van der Waals surface area contributed by atoms with Crippen LogP contribution >= 0.6 is 0 Å². The van der Waals surface area contributed by atoms with E-state index in [2.05, 4.69) is 0 Å². The van der Waals surface area contributed by atoms with Gasteiger partial charge in [-0.15, -0.1) is 0 Å². The van der Waals surface area contributed by atoms with E-state index in [0.29, 0.717) is 6.54 Å². The molecule has 14 heavy (non-hydrogen) atoms. The van der Waals surface area contributed by atoms with Crippen molar-refractivity contribution in [3.8, 4) is 11.5 Å². The zero-order valence-corrected chi connectivity index (χ0v) is 8.91. The van der Waals surface area contributed by atoms with Crippen LogP contribution in [0.25, 0.3) is 0 Å². The number of ether oxygens (including phenoxy) is 2. The molecule has 0 amide bonds. The summed E-state index contributed by atoms with van der Waals surface area (Å²) in [6.07, 6.45) is 0.00612. The summed E-state index contributed by atoms with van der Waals surface area (Å²) in [6, 6.07) is 5.83. The lowest BCUT2D eigenvalue weighted by Crippen LogP contribution is -2.23.